The summed E-state index contributed by atoms with van der Waals surface area (Å²) in [5, 5.41) is 4.31. The maximum atomic E-state index is 12.1. The molecule has 1 aromatic carbocycles. The molecule has 1 aliphatic carbocycles. The summed E-state index contributed by atoms with van der Waals surface area (Å²) < 4.78 is 0. The van der Waals surface area contributed by atoms with E-state index in [9.17, 15) is 4.79 Å². The van der Waals surface area contributed by atoms with Crippen LogP contribution in [0, 0.1) is 12.8 Å². The summed E-state index contributed by atoms with van der Waals surface area (Å²) in [7, 11) is 0. The van der Waals surface area contributed by atoms with Gasteiger partial charge in [-0.2, -0.15) is 5.10 Å². The average molecular weight is 282 g/mol. The summed E-state index contributed by atoms with van der Waals surface area (Å²) in [5.74, 6) is 0.250. The molecule has 3 heteroatoms. The number of hydrazone groups is 1. The van der Waals surface area contributed by atoms with Gasteiger partial charge in [0.1, 0.15) is 0 Å². The Bertz CT molecular complexity index is 626. The molecule has 0 radical (unpaired) electrons. The van der Waals surface area contributed by atoms with E-state index in [1.165, 1.54) is 0 Å². The van der Waals surface area contributed by atoms with Gasteiger partial charge < -0.3 is 0 Å². The summed E-state index contributed by atoms with van der Waals surface area (Å²) in [5.41, 5.74) is 7.60. The fraction of sp³-hybridized carbons (Fsp3) is 0.333. The minimum absolute atomic E-state index is 0.170. The molecule has 1 aromatic rings. The van der Waals surface area contributed by atoms with Gasteiger partial charge in [-0.25, -0.2) is 5.43 Å². The molecule has 0 saturated heterocycles. The molecule has 0 spiro atoms. The quantitative estimate of drug-likeness (QED) is 0.660. The predicted octanol–water partition coefficient (Wildman–Crippen LogP) is 4.01. The van der Waals surface area contributed by atoms with Crippen molar-refractivity contribution in [2.75, 3.05) is 0 Å². The Morgan fingerprint density at radius 3 is 2.81 bits per heavy atom. The van der Waals surface area contributed by atoms with Gasteiger partial charge in [0.2, 0.25) is 0 Å². The normalized spacial score (nSPS) is 20.0. The number of nitrogens with zero attached hydrogens (tertiary/aromatic N) is 1. The first kappa shape index (κ1) is 15.2. The molecule has 1 aliphatic rings. The third-order valence-electron chi connectivity index (χ3n) is 3.87. The lowest BCUT2D eigenvalue weighted by Gasteiger charge is -2.22. The van der Waals surface area contributed by atoms with Crippen LogP contribution >= 0.6 is 0 Å². The van der Waals surface area contributed by atoms with E-state index in [0.717, 1.165) is 35.3 Å². The Morgan fingerprint density at radius 1 is 1.38 bits per heavy atom. The molecule has 0 saturated carbocycles. The molecule has 21 heavy (non-hydrogen) atoms. The highest BCUT2D eigenvalue weighted by molar-refractivity contribution is 6.02. The van der Waals surface area contributed by atoms with E-state index in [1.807, 2.05) is 39.0 Å². The number of rotatable bonds is 3. The lowest BCUT2D eigenvalue weighted by molar-refractivity contribution is 0.0954. The van der Waals surface area contributed by atoms with Crippen molar-refractivity contribution in [3.63, 3.8) is 0 Å². The molecule has 0 unspecified atom stereocenters. The van der Waals surface area contributed by atoms with Crippen LogP contribution in [0.15, 0.2) is 53.2 Å². The number of benzene rings is 1. The summed E-state index contributed by atoms with van der Waals surface area (Å²) >= 11 is 0. The van der Waals surface area contributed by atoms with Crippen molar-refractivity contribution in [3.8, 4) is 0 Å². The molecule has 0 aliphatic heterocycles. The van der Waals surface area contributed by atoms with Crippen molar-refractivity contribution >= 4 is 11.6 Å². The number of carbonyl (C=O) groups is 1. The predicted molar refractivity (Wildman–Crippen MR) is 87.4 cm³/mol. The number of carbonyl (C=O) groups excluding carboxylic acids is 1. The van der Waals surface area contributed by atoms with Crippen LogP contribution in [0.4, 0.5) is 0 Å². The smallest absolute Gasteiger partial charge is 0.267 e. The molecule has 0 fully saturated rings. The van der Waals surface area contributed by atoms with Crippen LogP contribution in [-0.4, -0.2) is 11.6 Å². The molecule has 0 aromatic heterocycles. The average Bonchev–Trinajstić information content (AvgIpc) is 2.45. The summed E-state index contributed by atoms with van der Waals surface area (Å²) in [6, 6.07) is 7.49. The van der Waals surface area contributed by atoms with Crippen molar-refractivity contribution in [2.45, 2.75) is 33.6 Å². The van der Waals surface area contributed by atoms with Crippen LogP contribution in [-0.2, 0) is 0 Å². The number of hydrogen-bond acceptors (Lipinski definition) is 2. The molecule has 3 nitrogen and oxygen atoms in total. The largest absolute Gasteiger partial charge is 0.271 e. The Labute approximate surface area is 126 Å². The van der Waals surface area contributed by atoms with Gasteiger partial charge in [0.05, 0.1) is 5.71 Å². The van der Waals surface area contributed by atoms with Crippen LogP contribution in [0.2, 0.25) is 0 Å². The summed E-state index contributed by atoms with van der Waals surface area (Å²) in [4.78, 5) is 12.1. The zero-order chi connectivity index (χ0) is 15.4. The standard InChI is InChI=1S/C18H22N2O/c1-12(2)15-9-8-14(4)17(11-15)19-20-18(21)16-7-5-6-13(3)10-16/h5-8,10,15H,1,9,11H2,2-4H3,(H,20,21)/b19-17-/t15-/m0/s1. The summed E-state index contributed by atoms with van der Waals surface area (Å²) in [6.07, 6.45) is 4.01. The van der Waals surface area contributed by atoms with E-state index in [1.54, 1.807) is 6.07 Å². The van der Waals surface area contributed by atoms with Gasteiger partial charge in [0, 0.05) is 5.56 Å². The number of aryl methyl sites for hydroxylation is 1. The second-order valence-corrected chi connectivity index (χ2v) is 5.74. The number of hydrogen-bond donors (Lipinski definition) is 1. The first-order valence-corrected chi connectivity index (χ1v) is 7.23. The molecule has 1 N–H and O–H groups in total. The van der Waals surface area contributed by atoms with Gasteiger partial charge in [0.15, 0.2) is 0 Å². The Hall–Kier alpha value is -2.16. The Balaban J connectivity index is 2.09. The van der Waals surface area contributed by atoms with E-state index in [-0.39, 0.29) is 5.91 Å². The zero-order valence-corrected chi connectivity index (χ0v) is 12.9. The first-order chi connectivity index (χ1) is 9.97. The monoisotopic (exact) mass is 282 g/mol. The minimum Gasteiger partial charge on any atom is -0.267 e. The van der Waals surface area contributed by atoms with Gasteiger partial charge >= 0.3 is 0 Å². The maximum Gasteiger partial charge on any atom is 0.271 e. The maximum absolute atomic E-state index is 12.1. The fourth-order valence-corrected chi connectivity index (χ4v) is 2.39. The first-order valence-electron chi connectivity index (χ1n) is 7.23. The van der Waals surface area contributed by atoms with E-state index in [0.29, 0.717) is 11.5 Å². The highest BCUT2D eigenvalue weighted by Crippen LogP contribution is 2.26. The zero-order valence-electron chi connectivity index (χ0n) is 12.9. The van der Waals surface area contributed by atoms with Crippen molar-refractivity contribution in [1.29, 1.82) is 0 Å². The lowest BCUT2D eigenvalue weighted by atomic mass is 9.85. The molecule has 2 rings (SSSR count). The van der Waals surface area contributed by atoms with Gasteiger partial charge in [-0.05, 0) is 57.2 Å². The van der Waals surface area contributed by atoms with E-state index in [4.69, 9.17) is 0 Å². The van der Waals surface area contributed by atoms with Gasteiger partial charge in [-0.15, -0.1) is 0 Å². The fourth-order valence-electron chi connectivity index (χ4n) is 2.39. The Kier molecular flexibility index (Phi) is 4.73. The van der Waals surface area contributed by atoms with Gasteiger partial charge in [-0.1, -0.05) is 35.9 Å². The highest BCUT2D eigenvalue weighted by atomic mass is 16.2. The molecule has 0 bridgehead atoms. The third kappa shape index (κ3) is 3.91. The molecular weight excluding hydrogens is 260 g/mol. The molecular formula is C18H22N2O. The van der Waals surface area contributed by atoms with Crippen molar-refractivity contribution < 1.29 is 4.79 Å². The van der Waals surface area contributed by atoms with E-state index >= 15 is 0 Å². The van der Waals surface area contributed by atoms with Gasteiger partial charge in [0.25, 0.3) is 5.91 Å². The Morgan fingerprint density at radius 2 is 2.14 bits per heavy atom. The van der Waals surface area contributed by atoms with Crippen LogP contribution < -0.4 is 5.43 Å². The van der Waals surface area contributed by atoms with Gasteiger partial charge in [-0.3, -0.25) is 4.79 Å². The highest BCUT2D eigenvalue weighted by Gasteiger charge is 2.18. The number of nitrogens with one attached hydrogen (secondary N) is 1. The lowest BCUT2D eigenvalue weighted by Crippen LogP contribution is -2.23. The second-order valence-electron chi connectivity index (χ2n) is 5.74. The second kappa shape index (κ2) is 6.53. The summed E-state index contributed by atoms with van der Waals surface area (Å²) in [6.45, 7) is 10.1. The number of amides is 1. The molecule has 0 heterocycles. The van der Waals surface area contributed by atoms with Crippen LogP contribution in [0.1, 0.15) is 42.6 Å². The van der Waals surface area contributed by atoms with Crippen LogP contribution in [0.25, 0.3) is 0 Å². The molecule has 1 amide bonds. The number of allylic oxidation sites excluding steroid dienone is 3. The van der Waals surface area contributed by atoms with Crippen molar-refractivity contribution in [1.82, 2.24) is 5.43 Å². The molecule has 110 valence electrons. The SMILES string of the molecule is C=C(C)[C@H]1CC=C(C)/C(=N\NC(=O)c2cccc(C)c2)C1. The van der Waals surface area contributed by atoms with Crippen molar-refractivity contribution in [3.05, 3.63) is 59.2 Å². The van der Waals surface area contributed by atoms with Crippen LogP contribution in [0.5, 0.6) is 0 Å². The van der Waals surface area contributed by atoms with Crippen LogP contribution in [0.3, 0.4) is 0 Å². The topological polar surface area (TPSA) is 41.5 Å². The van der Waals surface area contributed by atoms with E-state index in [2.05, 4.69) is 23.2 Å². The molecule has 1 atom stereocenters. The third-order valence-corrected chi connectivity index (χ3v) is 3.87. The minimum atomic E-state index is -0.170. The van der Waals surface area contributed by atoms with E-state index < -0.39 is 0 Å². The van der Waals surface area contributed by atoms with Crippen molar-refractivity contribution in [2.24, 2.45) is 11.0 Å².